The summed E-state index contributed by atoms with van der Waals surface area (Å²) < 4.78 is 13.9. The Morgan fingerprint density at radius 2 is 2.12 bits per heavy atom. The van der Waals surface area contributed by atoms with Crippen LogP contribution in [0.15, 0.2) is 12.1 Å². The molecule has 0 atom stereocenters. The number of aromatic amines is 1. The van der Waals surface area contributed by atoms with Crippen molar-refractivity contribution in [2.24, 2.45) is 0 Å². The van der Waals surface area contributed by atoms with Crippen molar-refractivity contribution in [2.45, 2.75) is 38.5 Å². The Balaban J connectivity index is 2.33. The molecule has 2 aromatic rings. The molecule has 1 saturated carbocycles. The van der Waals surface area contributed by atoms with Crippen molar-refractivity contribution in [1.29, 1.82) is 0 Å². The van der Waals surface area contributed by atoms with Gasteiger partial charge in [0.15, 0.2) is 0 Å². The number of rotatable bonds is 2. The van der Waals surface area contributed by atoms with Crippen molar-refractivity contribution >= 4 is 10.9 Å². The summed E-state index contributed by atoms with van der Waals surface area (Å²) in [7, 11) is 0. The van der Waals surface area contributed by atoms with Crippen molar-refractivity contribution < 1.29 is 4.39 Å². The van der Waals surface area contributed by atoms with Gasteiger partial charge in [-0.3, -0.25) is 5.10 Å². The zero-order chi connectivity index (χ0) is 11.3. The van der Waals surface area contributed by atoms with Crippen molar-refractivity contribution in [3.63, 3.8) is 0 Å². The van der Waals surface area contributed by atoms with Gasteiger partial charge in [-0.25, -0.2) is 4.39 Å². The highest BCUT2D eigenvalue weighted by atomic mass is 19.1. The van der Waals surface area contributed by atoms with Crippen LogP contribution in [-0.4, -0.2) is 10.2 Å². The Morgan fingerprint density at radius 3 is 2.75 bits per heavy atom. The van der Waals surface area contributed by atoms with Crippen LogP contribution < -0.4 is 0 Å². The summed E-state index contributed by atoms with van der Waals surface area (Å²) in [6.07, 6.45) is 2.40. The summed E-state index contributed by atoms with van der Waals surface area (Å²) in [5.74, 6) is 0.661. The van der Waals surface area contributed by atoms with E-state index < -0.39 is 0 Å². The predicted molar refractivity (Wildman–Crippen MR) is 62.1 cm³/mol. The van der Waals surface area contributed by atoms with E-state index >= 15 is 0 Å². The first kappa shape index (κ1) is 9.82. The lowest BCUT2D eigenvalue weighted by Crippen LogP contribution is -1.95. The maximum absolute atomic E-state index is 13.9. The van der Waals surface area contributed by atoms with Crippen LogP contribution in [0.25, 0.3) is 10.9 Å². The Bertz CT molecular complexity index is 538. The Morgan fingerprint density at radius 1 is 1.38 bits per heavy atom. The highest BCUT2D eigenvalue weighted by Gasteiger charge is 2.29. The molecule has 0 saturated heterocycles. The van der Waals surface area contributed by atoms with Gasteiger partial charge in [-0.1, -0.05) is 13.8 Å². The fourth-order valence-corrected chi connectivity index (χ4v) is 2.37. The van der Waals surface area contributed by atoms with E-state index in [0.29, 0.717) is 5.92 Å². The third-order valence-electron chi connectivity index (χ3n) is 3.30. The molecule has 1 aromatic heterocycles. The van der Waals surface area contributed by atoms with Gasteiger partial charge < -0.3 is 0 Å². The van der Waals surface area contributed by atoms with Gasteiger partial charge >= 0.3 is 0 Å². The van der Waals surface area contributed by atoms with Gasteiger partial charge in [-0.05, 0) is 30.9 Å². The topological polar surface area (TPSA) is 28.7 Å². The fraction of sp³-hybridized carbons (Fsp3) is 0.462. The molecule has 0 bridgehead atoms. The number of halogens is 1. The molecule has 1 fully saturated rings. The highest BCUT2D eigenvalue weighted by molar-refractivity contribution is 5.86. The normalized spacial score (nSPS) is 16.2. The first-order chi connectivity index (χ1) is 7.68. The summed E-state index contributed by atoms with van der Waals surface area (Å²) in [6, 6.07) is 3.29. The van der Waals surface area contributed by atoms with Crippen LogP contribution in [0.1, 0.15) is 49.8 Å². The minimum atomic E-state index is -0.106. The Kier molecular flexibility index (Phi) is 2.03. The second-order valence-corrected chi connectivity index (χ2v) is 4.92. The quantitative estimate of drug-likeness (QED) is 0.818. The number of hydrogen-bond donors (Lipinski definition) is 1. The van der Waals surface area contributed by atoms with Crippen molar-refractivity contribution in [3.05, 3.63) is 29.2 Å². The van der Waals surface area contributed by atoms with Crippen LogP contribution >= 0.6 is 0 Å². The molecule has 0 amide bonds. The van der Waals surface area contributed by atoms with Crippen LogP contribution in [0.2, 0.25) is 0 Å². The molecule has 1 aliphatic carbocycles. The summed E-state index contributed by atoms with van der Waals surface area (Å²) in [4.78, 5) is 0. The molecular weight excluding hydrogens is 203 g/mol. The maximum atomic E-state index is 13.9. The molecule has 3 rings (SSSR count). The number of H-pyrrole nitrogens is 1. The predicted octanol–water partition coefficient (Wildman–Crippen LogP) is 3.70. The van der Waals surface area contributed by atoms with E-state index in [4.69, 9.17) is 0 Å². The van der Waals surface area contributed by atoms with E-state index in [1.54, 1.807) is 6.07 Å². The number of benzene rings is 1. The summed E-state index contributed by atoms with van der Waals surface area (Å²) >= 11 is 0. The monoisotopic (exact) mass is 218 g/mol. The smallest absolute Gasteiger partial charge is 0.127 e. The molecule has 0 aliphatic heterocycles. The lowest BCUT2D eigenvalue weighted by Gasteiger charge is -2.09. The van der Waals surface area contributed by atoms with E-state index in [2.05, 4.69) is 10.2 Å². The molecule has 0 radical (unpaired) electrons. The van der Waals surface area contributed by atoms with Gasteiger partial charge in [0.1, 0.15) is 5.82 Å². The standard InChI is InChI=1S/C13H15FN2/c1-7(2)11-9(14)5-6-10-12(11)13(16-15-10)8-3-4-8/h5-8H,3-4H2,1-2H3,(H,15,16). The Hall–Kier alpha value is -1.38. The molecule has 3 heteroatoms. The number of hydrogen-bond acceptors (Lipinski definition) is 1. The van der Waals surface area contributed by atoms with Gasteiger partial charge in [0, 0.05) is 22.6 Å². The molecule has 1 aromatic carbocycles. The lowest BCUT2D eigenvalue weighted by molar-refractivity contribution is 0.602. The fourth-order valence-electron chi connectivity index (χ4n) is 2.37. The van der Waals surface area contributed by atoms with Crippen molar-refractivity contribution in [3.8, 4) is 0 Å². The van der Waals surface area contributed by atoms with Gasteiger partial charge in [0.25, 0.3) is 0 Å². The molecule has 2 nitrogen and oxygen atoms in total. The molecule has 84 valence electrons. The molecule has 1 N–H and O–H groups in total. The van der Waals surface area contributed by atoms with Crippen LogP contribution in [0.3, 0.4) is 0 Å². The van der Waals surface area contributed by atoms with E-state index in [-0.39, 0.29) is 11.7 Å². The molecule has 0 unspecified atom stereocenters. The van der Waals surface area contributed by atoms with Gasteiger partial charge in [-0.2, -0.15) is 5.10 Å². The highest BCUT2D eigenvalue weighted by Crippen LogP contribution is 2.44. The summed E-state index contributed by atoms with van der Waals surface area (Å²) in [6.45, 7) is 4.06. The average Bonchev–Trinajstić information content (AvgIpc) is 2.99. The van der Waals surface area contributed by atoms with Gasteiger partial charge in [0.2, 0.25) is 0 Å². The lowest BCUT2D eigenvalue weighted by atomic mass is 9.96. The average molecular weight is 218 g/mol. The third-order valence-corrected chi connectivity index (χ3v) is 3.30. The molecule has 0 spiro atoms. The van der Waals surface area contributed by atoms with Crippen molar-refractivity contribution in [1.82, 2.24) is 10.2 Å². The minimum Gasteiger partial charge on any atom is -0.281 e. The van der Waals surface area contributed by atoms with E-state index in [1.165, 1.54) is 18.9 Å². The first-order valence-electron chi connectivity index (χ1n) is 5.85. The van der Waals surface area contributed by atoms with Gasteiger partial charge in [0.05, 0.1) is 5.52 Å². The van der Waals surface area contributed by atoms with E-state index in [1.807, 2.05) is 13.8 Å². The number of nitrogens with one attached hydrogen (secondary N) is 1. The first-order valence-corrected chi connectivity index (χ1v) is 5.85. The number of nitrogens with zero attached hydrogens (tertiary/aromatic N) is 1. The van der Waals surface area contributed by atoms with Crippen LogP contribution in [-0.2, 0) is 0 Å². The summed E-state index contributed by atoms with van der Waals surface area (Å²) in [5.41, 5.74) is 2.85. The third kappa shape index (κ3) is 1.34. The zero-order valence-corrected chi connectivity index (χ0v) is 9.55. The second-order valence-electron chi connectivity index (χ2n) is 4.92. The largest absolute Gasteiger partial charge is 0.281 e. The van der Waals surface area contributed by atoms with Crippen LogP contribution in [0, 0.1) is 5.82 Å². The second kappa shape index (κ2) is 3.30. The molecular formula is C13H15FN2. The zero-order valence-electron chi connectivity index (χ0n) is 9.55. The summed E-state index contributed by atoms with van der Waals surface area (Å²) in [5, 5.41) is 8.38. The Labute approximate surface area is 93.9 Å². The SMILES string of the molecule is CC(C)c1c(F)ccc2n[nH]c(C3CC3)c12. The van der Waals surface area contributed by atoms with Crippen LogP contribution in [0.5, 0.6) is 0 Å². The molecule has 1 heterocycles. The molecule has 16 heavy (non-hydrogen) atoms. The van der Waals surface area contributed by atoms with E-state index in [9.17, 15) is 4.39 Å². The molecule has 1 aliphatic rings. The number of fused-ring (bicyclic) bond motifs is 1. The number of aromatic nitrogens is 2. The minimum absolute atomic E-state index is 0.106. The van der Waals surface area contributed by atoms with Gasteiger partial charge in [-0.15, -0.1) is 0 Å². The van der Waals surface area contributed by atoms with Crippen LogP contribution in [0.4, 0.5) is 4.39 Å². The van der Waals surface area contributed by atoms with E-state index in [0.717, 1.165) is 22.2 Å². The van der Waals surface area contributed by atoms with Crippen molar-refractivity contribution in [2.75, 3.05) is 0 Å². The maximum Gasteiger partial charge on any atom is 0.127 e.